The fraction of sp³-hybridized carbons (Fsp3) is 0.0526. The van der Waals surface area contributed by atoms with Crippen LogP contribution in [0.5, 0.6) is 5.75 Å². The Morgan fingerprint density at radius 1 is 0.957 bits per heavy atom. The highest BCUT2D eigenvalue weighted by Crippen LogP contribution is 2.35. The number of nitrogens with one attached hydrogen (secondary N) is 1. The molecule has 0 aliphatic rings. The molecule has 0 saturated heterocycles. The lowest BCUT2D eigenvalue weighted by atomic mass is 10.0. The lowest BCUT2D eigenvalue weighted by Crippen LogP contribution is -1.87. The van der Waals surface area contributed by atoms with Crippen LogP contribution < -0.4 is 4.74 Å². The van der Waals surface area contributed by atoms with Gasteiger partial charge in [-0.25, -0.2) is 4.98 Å². The molecule has 112 valence electrons. The summed E-state index contributed by atoms with van der Waals surface area (Å²) in [7, 11) is 1.69. The summed E-state index contributed by atoms with van der Waals surface area (Å²) in [6.45, 7) is 0. The number of nitrogens with zero attached hydrogens (tertiary/aromatic N) is 2. The molecule has 4 heteroatoms. The van der Waals surface area contributed by atoms with Gasteiger partial charge in [-0.3, -0.25) is 4.98 Å². The van der Waals surface area contributed by atoms with Crippen molar-refractivity contribution in [2.45, 2.75) is 0 Å². The van der Waals surface area contributed by atoms with Crippen LogP contribution in [-0.2, 0) is 0 Å². The highest BCUT2D eigenvalue weighted by Gasteiger charge is 2.12. The Labute approximate surface area is 133 Å². The van der Waals surface area contributed by atoms with Gasteiger partial charge >= 0.3 is 0 Å². The number of pyridine rings is 2. The first-order valence-corrected chi connectivity index (χ1v) is 7.38. The zero-order chi connectivity index (χ0) is 15.6. The number of rotatable bonds is 3. The minimum atomic E-state index is 0.847. The molecule has 0 atom stereocenters. The predicted molar refractivity (Wildman–Crippen MR) is 91.3 cm³/mol. The second-order valence-electron chi connectivity index (χ2n) is 5.26. The summed E-state index contributed by atoms with van der Waals surface area (Å²) in [5.74, 6) is 0.847. The number of methoxy groups -OCH3 is 1. The third-order valence-corrected chi connectivity index (χ3v) is 3.92. The molecule has 0 radical (unpaired) electrons. The Kier molecular flexibility index (Phi) is 3.27. The second-order valence-corrected chi connectivity index (χ2v) is 5.26. The monoisotopic (exact) mass is 301 g/mol. The van der Waals surface area contributed by atoms with Crippen LogP contribution in [0.3, 0.4) is 0 Å². The van der Waals surface area contributed by atoms with E-state index in [2.05, 4.69) is 27.1 Å². The number of hydrogen-bond acceptors (Lipinski definition) is 3. The number of para-hydroxylation sites is 1. The van der Waals surface area contributed by atoms with E-state index in [4.69, 9.17) is 4.74 Å². The van der Waals surface area contributed by atoms with Crippen LogP contribution in [-0.4, -0.2) is 22.1 Å². The van der Waals surface area contributed by atoms with Crippen LogP contribution in [0, 0.1) is 0 Å². The van der Waals surface area contributed by atoms with E-state index >= 15 is 0 Å². The summed E-state index contributed by atoms with van der Waals surface area (Å²) in [6.07, 6.45) is 7.45. The van der Waals surface area contributed by atoms with E-state index in [1.807, 2.05) is 48.9 Å². The van der Waals surface area contributed by atoms with Gasteiger partial charge < -0.3 is 9.72 Å². The van der Waals surface area contributed by atoms with Gasteiger partial charge in [0.15, 0.2) is 0 Å². The number of H-pyrrole nitrogens is 1. The van der Waals surface area contributed by atoms with Crippen LogP contribution in [0.2, 0.25) is 0 Å². The first-order valence-electron chi connectivity index (χ1n) is 7.38. The van der Waals surface area contributed by atoms with Crippen molar-refractivity contribution in [3.63, 3.8) is 0 Å². The van der Waals surface area contributed by atoms with Crippen molar-refractivity contribution in [1.29, 1.82) is 0 Å². The lowest BCUT2D eigenvalue weighted by molar-refractivity contribution is 0.416. The molecule has 0 aliphatic heterocycles. The molecule has 4 rings (SSSR count). The van der Waals surface area contributed by atoms with Crippen LogP contribution in [0.15, 0.2) is 67.3 Å². The quantitative estimate of drug-likeness (QED) is 0.614. The van der Waals surface area contributed by atoms with Gasteiger partial charge in [-0.15, -0.1) is 0 Å². The standard InChI is InChI=1S/C19H15N3O/c1-23-18-7-3-2-6-15(18)17-12-22-19-16(17)9-14(11-21-19)13-5-4-8-20-10-13/h2-12H,1H3,(H,21,22). The minimum Gasteiger partial charge on any atom is -0.496 e. The molecule has 0 saturated carbocycles. The van der Waals surface area contributed by atoms with Gasteiger partial charge in [-0.1, -0.05) is 24.3 Å². The first kappa shape index (κ1) is 13.5. The maximum Gasteiger partial charge on any atom is 0.137 e. The minimum absolute atomic E-state index is 0.847. The summed E-state index contributed by atoms with van der Waals surface area (Å²) in [5, 5.41) is 1.07. The van der Waals surface area contributed by atoms with Crippen molar-refractivity contribution in [3.8, 4) is 28.0 Å². The number of ether oxygens (including phenoxy) is 1. The van der Waals surface area contributed by atoms with Crippen LogP contribution in [0.4, 0.5) is 0 Å². The van der Waals surface area contributed by atoms with Gasteiger partial charge in [0, 0.05) is 52.4 Å². The normalized spacial score (nSPS) is 10.8. The molecule has 4 nitrogen and oxygen atoms in total. The summed E-state index contributed by atoms with van der Waals surface area (Å²) in [4.78, 5) is 12.0. The topological polar surface area (TPSA) is 50.8 Å². The molecule has 3 heterocycles. The van der Waals surface area contributed by atoms with Gasteiger partial charge in [0.05, 0.1) is 7.11 Å². The fourth-order valence-corrected chi connectivity index (χ4v) is 2.78. The molecule has 0 amide bonds. The largest absolute Gasteiger partial charge is 0.496 e. The van der Waals surface area contributed by atoms with E-state index in [9.17, 15) is 0 Å². The van der Waals surface area contributed by atoms with Crippen molar-refractivity contribution >= 4 is 11.0 Å². The predicted octanol–water partition coefficient (Wildman–Crippen LogP) is 4.30. The third-order valence-electron chi connectivity index (χ3n) is 3.92. The molecule has 0 bridgehead atoms. The van der Waals surface area contributed by atoms with Gasteiger partial charge in [0.25, 0.3) is 0 Å². The Hall–Kier alpha value is -3.14. The maximum atomic E-state index is 5.49. The van der Waals surface area contributed by atoms with Crippen LogP contribution >= 0.6 is 0 Å². The maximum absolute atomic E-state index is 5.49. The highest BCUT2D eigenvalue weighted by molar-refractivity contribution is 5.97. The Morgan fingerprint density at radius 3 is 2.70 bits per heavy atom. The molecule has 0 fully saturated rings. The number of aromatic nitrogens is 3. The molecule has 4 aromatic rings. The zero-order valence-electron chi connectivity index (χ0n) is 12.7. The Morgan fingerprint density at radius 2 is 1.87 bits per heavy atom. The third kappa shape index (κ3) is 2.34. The van der Waals surface area contributed by atoms with Crippen LogP contribution in [0.25, 0.3) is 33.3 Å². The summed E-state index contributed by atoms with van der Waals surface area (Å²) < 4.78 is 5.49. The van der Waals surface area contributed by atoms with E-state index in [1.54, 1.807) is 13.3 Å². The lowest BCUT2D eigenvalue weighted by Gasteiger charge is -2.07. The fourth-order valence-electron chi connectivity index (χ4n) is 2.78. The summed E-state index contributed by atoms with van der Waals surface area (Å²) >= 11 is 0. The molecule has 1 aromatic carbocycles. The van der Waals surface area contributed by atoms with Gasteiger partial charge in [0.1, 0.15) is 11.4 Å². The van der Waals surface area contributed by atoms with E-state index < -0.39 is 0 Å². The van der Waals surface area contributed by atoms with Crippen LogP contribution in [0.1, 0.15) is 0 Å². The van der Waals surface area contributed by atoms with Crippen molar-refractivity contribution in [2.75, 3.05) is 7.11 Å². The van der Waals surface area contributed by atoms with Crippen molar-refractivity contribution in [1.82, 2.24) is 15.0 Å². The zero-order valence-corrected chi connectivity index (χ0v) is 12.7. The van der Waals surface area contributed by atoms with E-state index in [0.29, 0.717) is 0 Å². The first-order chi connectivity index (χ1) is 11.4. The molecule has 3 aromatic heterocycles. The molecule has 0 unspecified atom stereocenters. The number of hydrogen-bond donors (Lipinski definition) is 1. The molecular formula is C19H15N3O. The SMILES string of the molecule is COc1ccccc1-c1c[nH]c2ncc(-c3cccnc3)cc12. The Balaban J connectivity index is 1.92. The highest BCUT2D eigenvalue weighted by atomic mass is 16.5. The molecule has 1 N–H and O–H groups in total. The molecule has 0 spiro atoms. The molecular weight excluding hydrogens is 286 g/mol. The van der Waals surface area contributed by atoms with Crippen molar-refractivity contribution in [2.24, 2.45) is 0 Å². The summed E-state index contributed by atoms with van der Waals surface area (Å²) in [5.41, 5.74) is 5.08. The van der Waals surface area contributed by atoms with Crippen molar-refractivity contribution in [3.05, 3.63) is 67.3 Å². The van der Waals surface area contributed by atoms with E-state index in [1.165, 1.54) is 0 Å². The average Bonchev–Trinajstić information content (AvgIpc) is 3.05. The number of benzene rings is 1. The molecule has 23 heavy (non-hydrogen) atoms. The van der Waals surface area contributed by atoms with Crippen molar-refractivity contribution < 1.29 is 4.74 Å². The van der Waals surface area contributed by atoms with Gasteiger partial charge in [-0.2, -0.15) is 0 Å². The Bertz CT molecular complexity index is 961. The van der Waals surface area contributed by atoms with Gasteiger partial charge in [0.2, 0.25) is 0 Å². The number of fused-ring (bicyclic) bond motifs is 1. The van der Waals surface area contributed by atoms with Gasteiger partial charge in [-0.05, 0) is 18.2 Å². The number of aromatic amines is 1. The van der Waals surface area contributed by atoms with E-state index in [-0.39, 0.29) is 0 Å². The van der Waals surface area contributed by atoms with E-state index in [0.717, 1.165) is 39.0 Å². The average molecular weight is 301 g/mol. The smallest absolute Gasteiger partial charge is 0.137 e. The second kappa shape index (κ2) is 5.57. The molecule has 0 aliphatic carbocycles. The summed E-state index contributed by atoms with van der Waals surface area (Å²) in [6, 6.07) is 14.1.